The van der Waals surface area contributed by atoms with Crippen molar-refractivity contribution in [2.75, 3.05) is 5.32 Å². The zero-order chi connectivity index (χ0) is 13.8. The standard InChI is InChI=1S/C14H19ClN2OS/c15-10-8-9(14(16)19)6-7-11(10)17-12-4-2-1-3-5-13(12)18/h6-8,12-13,17-18H,1-5H2,(H2,16,19). The molecule has 104 valence electrons. The molecule has 1 aromatic carbocycles. The van der Waals surface area contributed by atoms with Crippen LogP contribution in [0, 0.1) is 0 Å². The molecule has 1 saturated carbocycles. The molecule has 0 saturated heterocycles. The number of nitrogens with one attached hydrogen (secondary N) is 1. The molecule has 0 aromatic heterocycles. The van der Waals surface area contributed by atoms with E-state index in [1.54, 1.807) is 6.07 Å². The fourth-order valence-electron chi connectivity index (χ4n) is 2.44. The third-order valence-electron chi connectivity index (χ3n) is 3.57. The molecule has 1 fully saturated rings. The van der Waals surface area contributed by atoms with Gasteiger partial charge in [-0.15, -0.1) is 0 Å². The number of benzene rings is 1. The summed E-state index contributed by atoms with van der Waals surface area (Å²) < 4.78 is 0. The van der Waals surface area contributed by atoms with Crippen molar-refractivity contribution in [1.29, 1.82) is 0 Å². The number of aliphatic hydroxyl groups is 1. The van der Waals surface area contributed by atoms with Gasteiger partial charge < -0.3 is 16.2 Å². The Morgan fingerprint density at radius 2 is 2.05 bits per heavy atom. The second-order valence-corrected chi connectivity index (χ2v) is 5.86. The van der Waals surface area contributed by atoms with E-state index in [0.717, 1.165) is 36.9 Å². The summed E-state index contributed by atoms with van der Waals surface area (Å²) in [5.74, 6) is 0. The predicted molar refractivity (Wildman–Crippen MR) is 83.8 cm³/mol. The van der Waals surface area contributed by atoms with E-state index in [2.05, 4.69) is 5.32 Å². The third kappa shape index (κ3) is 3.81. The smallest absolute Gasteiger partial charge is 0.104 e. The highest BCUT2D eigenvalue weighted by Crippen LogP contribution is 2.27. The molecule has 0 aliphatic heterocycles. The first-order chi connectivity index (χ1) is 9.08. The largest absolute Gasteiger partial charge is 0.391 e. The van der Waals surface area contributed by atoms with Crippen LogP contribution in [0.25, 0.3) is 0 Å². The van der Waals surface area contributed by atoms with E-state index >= 15 is 0 Å². The molecule has 0 heterocycles. The molecule has 0 spiro atoms. The number of hydrogen-bond donors (Lipinski definition) is 3. The van der Waals surface area contributed by atoms with Crippen molar-refractivity contribution < 1.29 is 5.11 Å². The first kappa shape index (κ1) is 14.6. The Labute approximate surface area is 124 Å². The van der Waals surface area contributed by atoms with E-state index < -0.39 is 0 Å². The zero-order valence-corrected chi connectivity index (χ0v) is 12.3. The topological polar surface area (TPSA) is 58.3 Å². The minimum atomic E-state index is -0.311. The molecule has 0 bridgehead atoms. The van der Waals surface area contributed by atoms with Crippen LogP contribution in [0.3, 0.4) is 0 Å². The number of rotatable bonds is 3. The fraction of sp³-hybridized carbons (Fsp3) is 0.500. The molecule has 1 aliphatic carbocycles. The first-order valence-corrected chi connectivity index (χ1v) is 7.40. The van der Waals surface area contributed by atoms with Gasteiger partial charge in [-0.1, -0.05) is 43.1 Å². The van der Waals surface area contributed by atoms with E-state index in [1.165, 1.54) is 6.42 Å². The van der Waals surface area contributed by atoms with Gasteiger partial charge in [-0.2, -0.15) is 0 Å². The third-order valence-corrected chi connectivity index (χ3v) is 4.12. The maximum absolute atomic E-state index is 10.1. The van der Waals surface area contributed by atoms with Crippen molar-refractivity contribution in [3.63, 3.8) is 0 Å². The highest BCUT2D eigenvalue weighted by molar-refractivity contribution is 7.80. The van der Waals surface area contributed by atoms with Crippen molar-refractivity contribution in [2.24, 2.45) is 5.73 Å². The van der Waals surface area contributed by atoms with Gasteiger partial charge in [-0.3, -0.25) is 0 Å². The number of hydrogen-bond acceptors (Lipinski definition) is 3. The number of nitrogens with two attached hydrogens (primary N) is 1. The van der Waals surface area contributed by atoms with Gasteiger partial charge in [-0.25, -0.2) is 0 Å². The van der Waals surface area contributed by atoms with Crippen molar-refractivity contribution in [1.82, 2.24) is 0 Å². The molecule has 3 nitrogen and oxygen atoms in total. The summed E-state index contributed by atoms with van der Waals surface area (Å²) in [6.45, 7) is 0. The van der Waals surface area contributed by atoms with Crippen molar-refractivity contribution in [3.05, 3.63) is 28.8 Å². The number of halogens is 1. The Kier molecular flexibility index (Phi) is 5.02. The van der Waals surface area contributed by atoms with Crippen molar-refractivity contribution in [3.8, 4) is 0 Å². The van der Waals surface area contributed by atoms with Crippen LogP contribution in [0.2, 0.25) is 5.02 Å². The SMILES string of the molecule is NC(=S)c1ccc(NC2CCCCCC2O)c(Cl)c1. The summed E-state index contributed by atoms with van der Waals surface area (Å²) in [7, 11) is 0. The zero-order valence-electron chi connectivity index (χ0n) is 10.7. The van der Waals surface area contributed by atoms with E-state index in [9.17, 15) is 5.11 Å². The molecule has 4 N–H and O–H groups in total. The van der Waals surface area contributed by atoms with Crippen molar-refractivity contribution in [2.45, 2.75) is 44.2 Å². The van der Waals surface area contributed by atoms with Gasteiger partial charge >= 0.3 is 0 Å². The summed E-state index contributed by atoms with van der Waals surface area (Å²) in [6.07, 6.45) is 4.91. The molecule has 2 atom stereocenters. The molecule has 1 aliphatic rings. The lowest BCUT2D eigenvalue weighted by atomic mass is 10.1. The molecule has 2 rings (SSSR count). The number of aliphatic hydroxyl groups excluding tert-OH is 1. The number of thiocarbonyl (C=S) groups is 1. The Morgan fingerprint density at radius 3 is 2.74 bits per heavy atom. The van der Waals surface area contributed by atoms with E-state index in [0.29, 0.717) is 10.0 Å². The average Bonchev–Trinajstić information content (AvgIpc) is 2.57. The minimum absolute atomic E-state index is 0.0654. The van der Waals surface area contributed by atoms with Gasteiger partial charge in [0, 0.05) is 5.56 Å². The van der Waals surface area contributed by atoms with E-state index in [1.807, 2.05) is 12.1 Å². The van der Waals surface area contributed by atoms with Crippen molar-refractivity contribution >= 4 is 34.5 Å². The van der Waals surface area contributed by atoms with Crippen LogP contribution in [0.15, 0.2) is 18.2 Å². The summed E-state index contributed by atoms with van der Waals surface area (Å²) in [4.78, 5) is 0.336. The lowest BCUT2D eigenvalue weighted by Gasteiger charge is -2.23. The average molecular weight is 299 g/mol. The summed E-state index contributed by atoms with van der Waals surface area (Å²) in [5, 5.41) is 14.0. The Morgan fingerprint density at radius 1 is 1.32 bits per heavy atom. The summed E-state index contributed by atoms with van der Waals surface area (Å²) in [6, 6.07) is 5.54. The van der Waals surface area contributed by atoms with Crippen LogP contribution in [0.5, 0.6) is 0 Å². The highest BCUT2D eigenvalue weighted by Gasteiger charge is 2.22. The first-order valence-electron chi connectivity index (χ1n) is 6.62. The van der Waals surface area contributed by atoms with Gasteiger partial charge in [0.15, 0.2) is 0 Å². The molecular formula is C14H19ClN2OS. The van der Waals surface area contributed by atoms with Crippen LogP contribution in [-0.4, -0.2) is 22.2 Å². The molecule has 19 heavy (non-hydrogen) atoms. The second kappa shape index (κ2) is 6.55. The predicted octanol–water partition coefficient (Wildman–Crippen LogP) is 3.08. The molecule has 1 aromatic rings. The van der Waals surface area contributed by atoms with Crippen LogP contribution < -0.4 is 11.1 Å². The van der Waals surface area contributed by atoms with E-state index in [4.69, 9.17) is 29.6 Å². The Hall–Kier alpha value is -0.840. The fourth-order valence-corrected chi connectivity index (χ4v) is 2.80. The maximum Gasteiger partial charge on any atom is 0.104 e. The summed E-state index contributed by atoms with van der Waals surface area (Å²) in [5.41, 5.74) is 7.16. The molecule has 0 amide bonds. The Balaban J connectivity index is 2.11. The normalized spacial score (nSPS) is 23.7. The van der Waals surface area contributed by atoms with Crippen LogP contribution in [0.4, 0.5) is 5.69 Å². The van der Waals surface area contributed by atoms with E-state index in [-0.39, 0.29) is 12.1 Å². The lowest BCUT2D eigenvalue weighted by molar-refractivity contribution is 0.144. The van der Waals surface area contributed by atoms with Crippen LogP contribution in [-0.2, 0) is 0 Å². The second-order valence-electron chi connectivity index (χ2n) is 5.02. The minimum Gasteiger partial charge on any atom is -0.391 e. The maximum atomic E-state index is 10.1. The van der Waals surface area contributed by atoms with Crippen LogP contribution in [0.1, 0.15) is 37.7 Å². The van der Waals surface area contributed by atoms with Gasteiger partial charge in [0.1, 0.15) is 4.99 Å². The van der Waals surface area contributed by atoms with Crippen LogP contribution >= 0.6 is 23.8 Å². The molecule has 0 radical (unpaired) electrons. The van der Waals surface area contributed by atoms with Gasteiger partial charge in [0.2, 0.25) is 0 Å². The quantitative estimate of drug-likeness (QED) is 0.593. The highest BCUT2D eigenvalue weighted by atomic mass is 35.5. The molecule has 5 heteroatoms. The lowest BCUT2D eigenvalue weighted by Crippen LogP contribution is -2.32. The Bertz CT molecular complexity index is 467. The molecular weight excluding hydrogens is 280 g/mol. The summed E-state index contributed by atoms with van der Waals surface area (Å²) >= 11 is 11.1. The van der Waals surface area contributed by atoms with Gasteiger partial charge in [0.05, 0.1) is 22.9 Å². The molecule has 2 unspecified atom stereocenters. The number of anilines is 1. The van der Waals surface area contributed by atoms with Gasteiger partial charge in [-0.05, 0) is 31.0 Å². The van der Waals surface area contributed by atoms with Gasteiger partial charge in [0.25, 0.3) is 0 Å². The monoisotopic (exact) mass is 298 g/mol.